The van der Waals surface area contributed by atoms with Gasteiger partial charge in [-0.2, -0.15) is 0 Å². The van der Waals surface area contributed by atoms with Gasteiger partial charge in [0.15, 0.2) is 5.82 Å². The van der Waals surface area contributed by atoms with Crippen LogP contribution in [0.3, 0.4) is 0 Å². The van der Waals surface area contributed by atoms with Gasteiger partial charge in [-0.3, -0.25) is 9.55 Å². The Morgan fingerprint density at radius 2 is 1.95 bits per heavy atom. The fraction of sp³-hybridized carbons (Fsp3) is 0.267. The summed E-state index contributed by atoms with van der Waals surface area (Å²) in [6.45, 7) is 4.95. The molecule has 3 rings (SSSR count). The number of fused-ring (bicyclic) bond motifs is 1. The summed E-state index contributed by atoms with van der Waals surface area (Å²) in [5, 5.41) is 3.32. The average Bonchev–Trinajstić information content (AvgIpc) is 2.89. The first kappa shape index (κ1) is 12.7. The third-order valence-electron chi connectivity index (χ3n) is 3.08. The number of nitrogens with one attached hydrogen (secondary N) is 1. The van der Waals surface area contributed by atoms with Crippen molar-refractivity contribution in [1.29, 1.82) is 0 Å². The van der Waals surface area contributed by atoms with Crippen molar-refractivity contribution in [3.05, 3.63) is 48.7 Å². The molecule has 0 atom stereocenters. The number of rotatable bonds is 4. The van der Waals surface area contributed by atoms with E-state index in [-0.39, 0.29) is 0 Å². The van der Waals surface area contributed by atoms with Crippen molar-refractivity contribution >= 4 is 11.0 Å². The molecule has 1 N–H and O–H groups in total. The summed E-state index contributed by atoms with van der Waals surface area (Å²) in [5.74, 6) is 0.784. The van der Waals surface area contributed by atoms with Gasteiger partial charge in [0, 0.05) is 12.6 Å². The fourth-order valence-corrected chi connectivity index (χ4v) is 2.01. The molecular weight excluding hydrogens is 250 g/mol. The zero-order valence-electron chi connectivity index (χ0n) is 11.6. The lowest BCUT2D eigenvalue weighted by Crippen LogP contribution is -2.22. The second kappa shape index (κ2) is 5.38. The normalized spacial score (nSPS) is 11.3. The summed E-state index contributed by atoms with van der Waals surface area (Å²) in [5.41, 5.74) is 2.93. The molecule has 2 heterocycles. The lowest BCUT2D eigenvalue weighted by molar-refractivity contribution is 0.580. The van der Waals surface area contributed by atoms with Gasteiger partial charge in [-0.1, -0.05) is 26.0 Å². The van der Waals surface area contributed by atoms with E-state index in [9.17, 15) is 0 Å². The minimum atomic E-state index is 0.439. The first-order chi connectivity index (χ1) is 9.74. The van der Waals surface area contributed by atoms with Gasteiger partial charge in [-0.05, 0) is 12.1 Å². The summed E-state index contributed by atoms with van der Waals surface area (Å²) in [7, 11) is 0. The van der Waals surface area contributed by atoms with Crippen molar-refractivity contribution in [3.8, 4) is 5.82 Å². The highest BCUT2D eigenvalue weighted by Gasteiger charge is 2.05. The molecule has 0 bridgehead atoms. The van der Waals surface area contributed by atoms with E-state index in [2.05, 4.69) is 34.1 Å². The van der Waals surface area contributed by atoms with E-state index in [0.29, 0.717) is 6.04 Å². The maximum Gasteiger partial charge on any atom is 0.156 e. The molecule has 5 nitrogen and oxygen atoms in total. The number of para-hydroxylation sites is 2. The molecule has 0 saturated heterocycles. The lowest BCUT2D eigenvalue weighted by atomic mass is 10.3. The Labute approximate surface area is 117 Å². The van der Waals surface area contributed by atoms with Crippen LogP contribution >= 0.6 is 0 Å². The summed E-state index contributed by atoms with van der Waals surface area (Å²) < 4.78 is 1.95. The maximum absolute atomic E-state index is 4.47. The minimum Gasteiger partial charge on any atom is -0.309 e. The van der Waals surface area contributed by atoms with E-state index in [1.807, 2.05) is 28.8 Å². The zero-order chi connectivity index (χ0) is 13.9. The molecule has 3 aromatic rings. The van der Waals surface area contributed by atoms with Crippen molar-refractivity contribution in [2.24, 2.45) is 0 Å². The number of hydrogen-bond donors (Lipinski definition) is 1. The number of benzene rings is 1. The van der Waals surface area contributed by atoms with Gasteiger partial charge in [-0.15, -0.1) is 0 Å². The smallest absolute Gasteiger partial charge is 0.156 e. The molecule has 2 aromatic heterocycles. The van der Waals surface area contributed by atoms with Gasteiger partial charge in [0.25, 0.3) is 0 Å². The molecule has 1 aromatic carbocycles. The van der Waals surface area contributed by atoms with Crippen LogP contribution in [0.2, 0.25) is 0 Å². The summed E-state index contributed by atoms with van der Waals surface area (Å²) in [4.78, 5) is 13.3. The molecular formula is C15H17N5. The number of imidazole rings is 1. The SMILES string of the molecule is CC(C)NCc1cnc(-n2cnc3ccccc32)cn1. The van der Waals surface area contributed by atoms with Crippen LogP contribution in [0.1, 0.15) is 19.5 Å². The topological polar surface area (TPSA) is 55.6 Å². The number of nitrogens with zero attached hydrogens (tertiary/aromatic N) is 4. The van der Waals surface area contributed by atoms with Crippen LogP contribution in [0.15, 0.2) is 43.0 Å². The molecule has 0 aliphatic heterocycles. The molecule has 5 heteroatoms. The van der Waals surface area contributed by atoms with Crippen molar-refractivity contribution in [2.75, 3.05) is 0 Å². The molecule has 0 saturated carbocycles. The predicted octanol–water partition coefficient (Wildman–Crippen LogP) is 2.31. The molecule has 102 valence electrons. The Kier molecular flexibility index (Phi) is 3.43. The molecule has 0 aliphatic rings. The fourth-order valence-electron chi connectivity index (χ4n) is 2.01. The monoisotopic (exact) mass is 267 g/mol. The molecule has 20 heavy (non-hydrogen) atoms. The number of aromatic nitrogens is 4. The second-order valence-corrected chi connectivity index (χ2v) is 5.00. The van der Waals surface area contributed by atoms with Crippen LogP contribution in [-0.2, 0) is 6.54 Å². The third-order valence-corrected chi connectivity index (χ3v) is 3.08. The van der Waals surface area contributed by atoms with Gasteiger partial charge in [0.1, 0.15) is 6.33 Å². The molecule has 0 amide bonds. The van der Waals surface area contributed by atoms with Gasteiger partial charge in [0.05, 0.1) is 29.1 Å². The second-order valence-electron chi connectivity index (χ2n) is 5.00. The van der Waals surface area contributed by atoms with Crippen molar-refractivity contribution in [1.82, 2.24) is 24.8 Å². The van der Waals surface area contributed by atoms with Crippen LogP contribution in [-0.4, -0.2) is 25.6 Å². The van der Waals surface area contributed by atoms with Crippen LogP contribution in [0.4, 0.5) is 0 Å². The predicted molar refractivity (Wildman–Crippen MR) is 78.6 cm³/mol. The molecule has 0 radical (unpaired) electrons. The van der Waals surface area contributed by atoms with E-state index in [0.717, 1.165) is 29.1 Å². The Hall–Kier alpha value is -2.27. The Morgan fingerprint density at radius 3 is 2.70 bits per heavy atom. The summed E-state index contributed by atoms with van der Waals surface area (Å²) in [6.07, 6.45) is 5.37. The van der Waals surface area contributed by atoms with Gasteiger partial charge >= 0.3 is 0 Å². The molecule has 0 aliphatic carbocycles. The van der Waals surface area contributed by atoms with Crippen LogP contribution in [0.5, 0.6) is 0 Å². The van der Waals surface area contributed by atoms with Gasteiger partial charge in [0.2, 0.25) is 0 Å². The summed E-state index contributed by atoms with van der Waals surface area (Å²) >= 11 is 0. The molecule has 0 spiro atoms. The Bertz CT molecular complexity index is 700. The quantitative estimate of drug-likeness (QED) is 0.788. The highest BCUT2D eigenvalue weighted by molar-refractivity contribution is 5.76. The van der Waals surface area contributed by atoms with E-state index in [4.69, 9.17) is 0 Å². The lowest BCUT2D eigenvalue weighted by Gasteiger charge is -2.08. The van der Waals surface area contributed by atoms with Crippen LogP contribution in [0, 0.1) is 0 Å². The highest BCUT2D eigenvalue weighted by atomic mass is 15.1. The van der Waals surface area contributed by atoms with E-state index in [1.165, 1.54) is 0 Å². The average molecular weight is 267 g/mol. The first-order valence-corrected chi connectivity index (χ1v) is 6.71. The van der Waals surface area contributed by atoms with Crippen LogP contribution < -0.4 is 5.32 Å². The van der Waals surface area contributed by atoms with Gasteiger partial charge < -0.3 is 5.32 Å². The highest BCUT2D eigenvalue weighted by Crippen LogP contribution is 2.15. The molecule has 0 unspecified atom stereocenters. The Balaban J connectivity index is 1.87. The van der Waals surface area contributed by atoms with Gasteiger partial charge in [-0.25, -0.2) is 9.97 Å². The first-order valence-electron chi connectivity index (χ1n) is 6.71. The zero-order valence-corrected chi connectivity index (χ0v) is 11.6. The summed E-state index contributed by atoms with van der Waals surface area (Å²) in [6, 6.07) is 8.42. The van der Waals surface area contributed by atoms with Crippen molar-refractivity contribution in [2.45, 2.75) is 26.4 Å². The number of hydrogen-bond acceptors (Lipinski definition) is 4. The minimum absolute atomic E-state index is 0.439. The largest absolute Gasteiger partial charge is 0.309 e. The van der Waals surface area contributed by atoms with Crippen molar-refractivity contribution in [3.63, 3.8) is 0 Å². The maximum atomic E-state index is 4.47. The van der Waals surface area contributed by atoms with E-state index >= 15 is 0 Å². The molecule has 0 fully saturated rings. The van der Waals surface area contributed by atoms with E-state index in [1.54, 1.807) is 18.7 Å². The Morgan fingerprint density at radius 1 is 1.10 bits per heavy atom. The van der Waals surface area contributed by atoms with Crippen molar-refractivity contribution < 1.29 is 0 Å². The third kappa shape index (κ3) is 2.53. The standard InChI is InChI=1S/C15H17N5/c1-11(2)16-7-12-8-18-15(9-17-12)20-10-19-13-5-3-4-6-14(13)20/h3-6,8-11,16H,7H2,1-2H3. The van der Waals surface area contributed by atoms with Crippen LogP contribution in [0.25, 0.3) is 16.9 Å². The van der Waals surface area contributed by atoms with E-state index < -0.39 is 0 Å².